The van der Waals surface area contributed by atoms with Crippen molar-refractivity contribution in [1.29, 1.82) is 0 Å². The molecule has 146 valence electrons. The minimum atomic E-state index is -0.114. The topological polar surface area (TPSA) is 84.1 Å². The largest absolute Gasteiger partial charge is 0.368 e. The number of nitrogens with two attached hydrogens (primary N) is 1. The van der Waals surface area contributed by atoms with Gasteiger partial charge in [-0.1, -0.05) is 23.7 Å². The molecule has 1 atom stereocenters. The number of hydrogen-bond acceptors (Lipinski definition) is 6. The Labute approximate surface area is 173 Å². The summed E-state index contributed by atoms with van der Waals surface area (Å²) in [6, 6.07) is 12.9. The summed E-state index contributed by atoms with van der Waals surface area (Å²) in [4.78, 5) is 24.5. The fraction of sp³-hybridized carbons (Fsp3) is 0.250. The highest BCUT2D eigenvalue weighted by molar-refractivity contribution is 7.17. The molecule has 6 nitrogen and oxygen atoms in total. The zero-order valence-electron chi connectivity index (χ0n) is 15.7. The number of rotatable bonds is 7. The first kappa shape index (κ1) is 20.3. The number of anilines is 1. The van der Waals surface area contributed by atoms with Crippen molar-refractivity contribution in [3.63, 3.8) is 0 Å². The molecule has 3 N–H and O–H groups in total. The Bertz CT molecular complexity index is 942. The number of carbonyl (C=O) groups is 1. The van der Waals surface area contributed by atoms with Gasteiger partial charge in [0.1, 0.15) is 0 Å². The summed E-state index contributed by atoms with van der Waals surface area (Å²) >= 11 is 7.38. The van der Waals surface area contributed by atoms with E-state index < -0.39 is 0 Å². The molecule has 0 aliphatic carbocycles. The second-order valence-electron chi connectivity index (χ2n) is 6.63. The average Bonchev–Trinajstić information content (AvgIpc) is 3.16. The van der Waals surface area contributed by atoms with Crippen molar-refractivity contribution in [2.45, 2.75) is 12.5 Å². The smallest absolute Gasteiger partial charge is 0.261 e. The molecule has 0 spiro atoms. The second-order valence-corrected chi connectivity index (χ2v) is 8.15. The van der Waals surface area contributed by atoms with Crippen LogP contribution in [0, 0.1) is 0 Å². The van der Waals surface area contributed by atoms with Gasteiger partial charge in [-0.25, -0.2) is 9.97 Å². The number of aromatic nitrogens is 2. The number of benzene rings is 1. The van der Waals surface area contributed by atoms with Gasteiger partial charge in [-0.15, -0.1) is 11.3 Å². The molecule has 8 heteroatoms. The van der Waals surface area contributed by atoms with E-state index in [0.29, 0.717) is 15.6 Å². The van der Waals surface area contributed by atoms with Crippen molar-refractivity contribution in [3.05, 3.63) is 64.1 Å². The molecule has 2 heterocycles. The molecule has 0 fully saturated rings. The Hall–Kier alpha value is -2.48. The van der Waals surface area contributed by atoms with Gasteiger partial charge >= 0.3 is 0 Å². The van der Waals surface area contributed by atoms with Gasteiger partial charge in [0, 0.05) is 11.2 Å². The van der Waals surface area contributed by atoms with Gasteiger partial charge in [0.2, 0.25) is 5.95 Å². The summed E-state index contributed by atoms with van der Waals surface area (Å²) in [5, 5.41) is 3.82. The zero-order valence-corrected chi connectivity index (χ0v) is 17.3. The average molecular weight is 416 g/mol. The molecular formula is C20H22ClN5OS. The van der Waals surface area contributed by atoms with E-state index >= 15 is 0 Å². The van der Waals surface area contributed by atoms with E-state index in [0.717, 1.165) is 23.4 Å². The van der Waals surface area contributed by atoms with Crippen LogP contribution in [0.25, 0.3) is 10.6 Å². The Kier molecular flexibility index (Phi) is 6.61. The van der Waals surface area contributed by atoms with E-state index in [-0.39, 0.29) is 17.9 Å². The molecular weight excluding hydrogens is 394 g/mol. The molecule has 1 aromatic carbocycles. The number of carbonyl (C=O) groups excluding carboxylic acids is 1. The number of nitrogens with zero attached hydrogens (tertiary/aromatic N) is 3. The van der Waals surface area contributed by atoms with E-state index in [1.165, 1.54) is 11.3 Å². The fourth-order valence-corrected chi connectivity index (χ4v) is 3.75. The van der Waals surface area contributed by atoms with Gasteiger partial charge in [-0.3, -0.25) is 4.79 Å². The third kappa shape index (κ3) is 5.28. The first-order valence-electron chi connectivity index (χ1n) is 8.82. The number of thiophene rings is 1. The van der Waals surface area contributed by atoms with Gasteiger partial charge in [0.25, 0.3) is 5.91 Å². The lowest BCUT2D eigenvalue weighted by Gasteiger charge is -2.21. The SMILES string of the molecule is CN(C)CCC(NC(=O)c1ccc(-c2ccnc(N)n2)s1)c1ccc(Cl)cc1. The Balaban J connectivity index is 1.77. The van der Waals surface area contributed by atoms with Crippen molar-refractivity contribution >= 4 is 34.8 Å². The van der Waals surface area contributed by atoms with Gasteiger partial charge in [-0.2, -0.15) is 0 Å². The third-order valence-electron chi connectivity index (χ3n) is 4.20. The van der Waals surface area contributed by atoms with E-state index in [4.69, 9.17) is 17.3 Å². The van der Waals surface area contributed by atoms with Crippen molar-refractivity contribution in [2.75, 3.05) is 26.4 Å². The van der Waals surface area contributed by atoms with Crippen LogP contribution in [-0.2, 0) is 0 Å². The van der Waals surface area contributed by atoms with Crippen molar-refractivity contribution in [1.82, 2.24) is 20.2 Å². The van der Waals surface area contributed by atoms with Gasteiger partial charge in [-0.05, 0) is 63.0 Å². The Morgan fingerprint density at radius 1 is 1.21 bits per heavy atom. The molecule has 1 amide bonds. The molecule has 0 aliphatic rings. The lowest BCUT2D eigenvalue weighted by Crippen LogP contribution is -2.30. The number of nitrogens with one attached hydrogen (secondary N) is 1. The highest BCUT2D eigenvalue weighted by Gasteiger charge is 2.18. The fourth-order valence-electron chi connectivity index (χ4n) is 2.74. The lowest BCUT2D eigenvalue weighted by molar-refractivity contribution is 0.0937. The van der Waals surface area contributed by atoms with Crippen LogP contribution in [0.4, 0.5) is 5.95 Å². The maximum absolute atomic E-state index is 12.9. The molecule has 3 aromatic rings. The number of hydrogen-bond donors (Lipinski definition) is 2. The Morgan fingerprint density at radius 3 is 2.64 bits per heavy atom. The maximum atomic E-state index is 12.9. The molecule has 3 rings (SSSR count). The molecule has 1 unspecified atom stereocenters. The molecule has 0 bridgehead atoms. The van der Waals surface area contributed by atoms with Gasteiger partial charge < -0.3 is 16.0 Å². The van der Waals surface area contributed by atoms with E-state index in [1.54, 1.807) is 18.3 Å². The third-order valence-corrected chi connectivity index (χ3v) is 5.56. The zero-order chi connectivity index (χ0) is 20.1. The number of amides is 1. The number of nitrogen functional groups attached to an aromatic ring is 1. The highest BCUT2D eigenvalue weighted by atomic mass is 35.5. The van der Waals surface area contributed by atoms with Crippen LogP contribution < -0.4 is 11.1 Å². The first-order valence-corrected chi connectivity index (χ1v) is 10.0. The molecule has 0 radical (unpaired) electrons. The van der Waals surface area contributed by atoms with Crippen LogP contribution in [0.5, 0.6) is 0 Å². The molecule has 0 saturated heterocycles. The standard InChI is InChI=1S/C20H22ClN5OS/c1-26(2)12-10-15(13-3-5-14(21)6-4-13)24-19(27)18-8-7-17(28-18)16-9-11-23-20(22)25-16/h3-9,11,15H,10,12H2,1-2H3,(H,24,27)(H2,22,23,25). The van der Waals surface area contributed by atoms with Crippen molar-refractivity contribution in [2.24, 2.45) is 0 Å². The summed E-state index contributed by atoms with van der Waals surface area (Å²) < 4.78 is 0. The lowest BCUT2D eigenvalue weighted by atomic mass is 10.0. The quantitative estimate of drug-likeness (QED) is 0.612. The molecule has 28 heavy (non-hydrogen) atoms. The summed E-state index contributed by atoms with van der Waals surface area (Å²) in [6.45, 7) is 0.851. The summed E-state index contributed by atoms with van der Waals surface area (Å²) in [5.41, 5.74) is 7.39. The number of halogens is 1. The van der Waals surface area contributed by atoms with Crippen molar-refractivity contribution < 1.29 is 4.79 Å². The second kappa shape index (κ2) is 9.14. The summed E-state index contributed by atoms with van der Waals surface area (Å²) in [5.74, 6) is 0.0976. The predicted molar refractivity (Wildman–Crippen MR) is 115 cm³/mol. The van der Waals surface area contributed by atoms with Crippen LogP contribution in [0.1, 0.15) is 27.7 Å². The minimum absolute atomic E-state index is 0.104. The summed E-state index contributed by atoms with van der Waals surface area (Å²) in [7, 11) is 4.03. The van der Waals surface area contributed by atoms with E-state index in [1.807, 2.05) is 44.4 Å². The summed E-state index contributed by atoms with van der Waals surface area (Å²) in [6.07, 6.45) is 2.40. The highest BCUT2D eigenvalue weighted by Crippen LogP contribution is 2.28. The van der Waals surface area contributed by atoms with Gasteiger partial charge in [0.05, 0.1) is 21.5 Å². The van der Waals surface area contributed by atoms with E-state index in [9.17, 15) is 4.79 Å². The monoisotopic (exact) mass is 415 g/mol. The Morgan fingerprint density at radius 2 is 1.96 bits per heavy atom. The minimum Gasteiger partial charge on any atom is -0.368 e. The van der Waals surface area contributed by atoms with Crippen LogP contribution in [0.15, 0.2) is 48.7 Å². The van der Waals surface area contributed by atoms with E-state index in [2.05, 4.69) is 20.2 Å². The van der Waals surface area contributed by atoms with Crippen LogP contribution in [0.3, 0.4) is 0 Å². The molecule has 2 aromatic heterocycles. The predicted octanol–water partition coefficient (Wildman–Crippen LogP) is 3.86. The van der Waals surface area contributed by atoms with Crippen molar-refractivity contribution in [3.8, 4) is 10.6 Å². The maximum Gasteiger partial charge on any atom is 0.261 e. The first-order chi connectivity index (χ1) is 13.4. The van der Waals surface area contributed by atoms with Crippen LogP contribution >= 0.6 is 22.9 Å². The normalized spacial score (nSPS) is 12.1. The molecule has 0 saturated carbocycles. The molecule has 0 aliphatic heterocycles. The van der Waals surface area contributed by atoms with Crippen LogP contribution in [0.2, 0.25) is 5.02 Å². The van der Waals surface area contributed by atoms with Crippen LogP contribution in [-0.4, -0.2) is 41.4 Å². The van der Waals surface area contributed by atoms with Gasteiger partial charge in [0.15, 0.2) is 0 Å².